The van der Waals surface area contributed by atoms with Crippen LogP contribution in [-0.4, -0.2) is 46.9 Å². The number of rotatable bonds is 0. The molecule has 0 unspecified atom stereocenters. The molecule has 0 atom stereocenters. The SMILES string of the molecule is CC(C)(C)N1CCN(O)CC1. The zero-order valence-corrected chi connectivity index (χ0v) is 7.67. The van der Waals surface area contributed by atoms with Gasteiger partial charge in [0.1, 0.15) is 0 Å². The normalized spacial score (nSPS) is 24.0. The predicted molar refractivity (Wildman–Crippen MR) is 44.7 cm³/mol. The van der Waals surface area contributed by atoms with Crippen molar-refractivity contribution in [2.75, 3.05) is 26.2 Å². The number of hydroxylamine groups is 2. The third-order valence-electron chi connectivity index (χ3n) is 2.20. The van der Waals surface area contributed by atoms with E-state index in [0.717, 1.165) is 26.2 Å². The van der Waals surface area contributed by atoms with Crippen LogP contribution in [0.15, 0.2) is 0 Å². The van der Waals surface area contributed by atoms with E-state index in [4.69, 9.17) is 5.21 Å². The molecule has 0 bridgehead atoms. The van der Waals surface area contributed by atoms with E-state index in [2.05, 4.69) is 25.7 Å². The quantitative estimate of drug-likeness (QED) is 0.564. The van der Waals surface area contributed by atoms with Crippen LogP contribution in [0.1, 0.15) is 20.8 Å². The second-order valence-corrected chi connectivity index (χ2v) is 4.11. The summed E-state index contributed by atoms with van der Waals surface area (Å²) in [6, 6.07) is 0. The molecule has 0 aromatic rings. The van der Waals surface area contributed by atoms with Crippen molar-refractivity contribution in [3.63, 3.8) is 0 Å². The average Bonchev–Trinajstić information content (AvgIpc) is 1.86. The summed E-state index contributed by atoms with van der Waals surface area (Å²) in [6.07, 6.45) is 0. The highest BCUT2D eigenvalue weighted by molar-refractivity contribution is 4.79. The molecule has 0 saturated carbocycles. The molecule has 1 N–H and O–H groups in total. The molecule has 11 heavy (non-hydrogen) atoms. The summed E-state index contributed by atoms with van der Waals surface area (Å²) in [6.45, 7) is 10.1. The molecule has 0 aromatic carbocycles. The molecular formula is C8H18N2O. The fourth-order valence-corrected chi connectivity index (χ4v) is 1.37. The molecule has 0 amide bonds. The van der Waals surface area contributed by atoms with Crippen molar-refractivity contribution in [1.29, 1.82) is 0 Å². The minimum absolute atomic E-state index is 0.251. The Morgan fingerprint density at radius 2 is 1.45 bits per heavy atom. The van der Waals surface area contributed by atoms with E-state index in [9.17, 15) is 0 Å². The Hall–Kier alpha value is -0.120. The van der Waals surface area contributed by atoms with Crippen LogP contribution >= 0.6 is 0 Å². The maximum Gasteiger partial charge on any atom is 0.0366 e. The van der Waals surface area contributed by atoms with Crippen LogP contribution in [-0.2, 0) is 0 Å². The summed E-state index contributed by atoms with van der Waals surface area (Å²) < 4.78 is 0. The van der Waals surface area contributed by atoms with Crippen molar-refractivity contribution in [3.8, 4) is 0 Å². The number of nitrogens with zero attached hydrogens (tertiary/aromatic N) is 2. The Morgan fingerprint density at radius 1 is 1.00 bits per heavy atom. The van der Waals surface area contributed by atoms with Crippen LogP contribution in [0.25, 0.3) is 0 Å². The largest absolute Gasteiger partial charge is 0.314 e. The van der Waals surface area contributed by atoms with Crippen molar-refractivity contribution in [2.45, 2.75) is 26.3 Å². The first-order valence-corrected chi connectivity index (χ1v) is 4.19. The van der Waals surface area contributed by atoms with Crippen molar-refractivity contribution in [3.05, 3.63) is 0 Å². The molecule has 1 saturated heterocycles. The zero-order valence-electron chi connectivity index (χ0n) is 7.67. The Bertz CT molecular complexity index is 123. The lowest BCUT2D eigenvalue weighted by Gasteiger charge is -2.40. The van der Waals surface area contributed by atoms with E-state index in [-0.39, 0.29) is 5.54 Å². The minimum atomic E-state index is 0.251. The van der Waals surface area contributed by atoms with Gasteiger partial charge in [-0.3, -0.25) is 4.90 Å². The van der Waals surface area contributed by atoms with Gasteiger partial charge < -0.3 is 5.21 Å². The minimum Gasteiger partial charge on any atom is -0.314 e. The molecule has 1 heterocycles. The van der Waals surface area contributed by atoms with E-state index in [0.29, 0.717) is 0 Å². The van der Waals surface area contributed by atoms with Crippen molar-refractivity contribution in [2.24, 2.45) is 0 Å². The van der Waals surface area contributed by atoms with Gasteiger partial charge in [0.2, 0.25) is 0 Å². The fourth-order valence-electron chi connectivity index (χ4n) is 1.37. The van der Waals surface area contributed by atoms with Gasteiger partial charge in [0.15, 0.2) is 0 Å². The Labute approximate surface area is 68.6 Å². The molecule has 0 aromatic heterocycles. The first kappa shape index (κ1) is 8.97. The summed E-state index contributed by atoms with van der Waals surface area (Å²) in [4.78, 5) is 2.39. The predicted octanol–water partition coefficient (Wildman–Crippen LogP) is 0.792. The van der Waals surface area contributed by atoms with Gasteiger partial charge in [0.05, 0.1) is 0 Å². The van der Waals surface area contributed by atoms with Crippen LogP contribution in [0, 0.1) is 0 Å². The van der Waals surface area contributed by atoms with Gasteiger partial charge in [-0.15, -0.1) is 0 Å². The molecular weight excluding hydrogens is 140 g/mol. The fraction of sp³-hybridized carbons (Fsp3) is 1.00. The lowest BCUT2D eigenvalue weighted by molar-refractivity contribution is -0.127. The molecule has 0 spiro atoms. The van der Waals surface area contributed by atoms with Crippen molar-refractivity contribution in [1.82, 2.24) is 9.96 Å². The number of piperazine rings is 1. The Balaban J connectivity index is 2.39. The molecule has 1 fully saturated rings. The van der Waals surface area contributed by atoms with Crippen LogP contribution in [0.5, 0.6) is 0 Å². The van der Waals surface area contributed by atoms with Crippen LogP contribution in [0.2, 0.25) is 0 Å². The first-order valence-electron chi connectivity index (χ1n) is 4.19. The maximum absolute atomic E-state index is 9.10. The van der Waals surface area contributed by atoms with Crippen molar-refractivity contribution >= 4 is 0 Å². The summed E-state index contributed by atoms with van der Waals surface area (Å²) >= 11 is 0. The van der Waals surface area contributed by atoms with Crippen molar-refractivity contribution < 1.29 is 5.21 Å². The third-order valence-corrected chi connectivity index (χ3v) is 2.20. The average molecular weight is 158 g/mol. The van der Waals surface area contributed by atoms with Crippen LogP contribution in [0.3, 0.4) is 0 Å². The summed E-state index contributed by atoms with van der Waals surface area (Å²) in [7, 11) is 0. The molecule has 3 heteroatoms. The molecule has 0 aliphatic carbocycles. The van der Waals surface area contributed by atoms with E-state index in [1.165, 1.54) is 5.06 Å². The van der Waals surface area contributed by atoms with E-state index in [1.54, 1.807) is 0 Å². The molecule has 0 radical (unpaired) electrons. The van der Waals surface area contributed by atoms with E-state index in [1.807, 2.05) is 0 Å². The van der Waals surface area contributed by atoms with Crippen LogP contribution in [0.4, 0.5) is 0 Å². The van der Waals surface area contributed by atoms with E-state index < -0.39 is 0 Å². The van der Waals surface area contributed by atoms with Crippen LogP contribution < -0.4 is 0 Å². The second-order valence-electron chi connectivity index (χ2n) is 4.11. The molecule has 1 rings (SSSR count). The topological polar surface area (TPSA) is 26.7 Å². The monoisotopic (exact) mass is 158 g/mol. The number of hydrogen-bond donors (Lipinski definition) is 1. The van der Waals surface area contributed by atoms with Gasteiger partial charge in [0.25, 0.3) is 0 Å². The smallest absolute Gasteiger partial charge is 0.0366 e. The van der Waals surface area contributed by atoms with Gasteiger partial charge in [-0.1, -0.05) is 0 Å². The van der Waals surface area contributed by atoms with Gasteiger partial charge in [0, 0.05) is 31.7 Å². The Morgan fingerprint density at radius 3 is 1.82 bits per heavy atom. The van der Waals surface area contributed by atoms with Gasteiger partial charge in [-0.2, -0.15) is 5.06 Å². The highest BCUT2D eigenvalue weighted by Crippen LogP contribution is 2.14. The summed E-state index contributed by atoms with van der Waals surface area (Å²) in [5.74, 6) is 0. The highest BCUT2D eigenvalue weighted by atomic mass is 16.5. The molecule has 66 valence electrons. The summed E-state index contributed by atoms with van der Waals surface area (Å²) in [5, 5.41) is 10.5. The third kappa shape index (κ3) is 2.43. The molecule has 3 nitrogen and oxygen atoms in total. The van der Waals surface area contributed by atoms with E-state index >= 15 is 0 Å². The zero-order chi connectivity index (χ0) is 8.48. The molecule has 1 aliphatic heterocycles. The van der Waals surface area contributed by atoms with Gasteiger partial charge in [-0.25, -0.2) is 0 Å². The second kappa shape index (κ2) is 3.09. The van der Waals surface area contributed by atoms with Gasteiger partial charge >= 0.3 is 0 Å². The number of hydrogen-bond acceptors (Lipinski definition) is 3. The first-order chi connectivity index (χ1) is 5.00. The highest BCUT2D eigenvalue weighted by Gasteiger charge is 2.24. The van der Waals surface area contributed by atoms with Gasteiger partial charge in [-0.05, 0) is 20.8 Å². The molecule has 1 aliphatic rings. The lowest BCUT2D eigenvalue weighted by Crippen LogP contribution is -2.52. The summed E-state index contributed by atoms with van der Waals surface area (Å²) in [5.41, 5.74) is 0.251. The maximum atomic E-state index is 9.10. The lowest BCUT2D eigenvalue weighted by atomic mass is 10.1. The Kier molecular flexibility index (Phi) is 2.52. The standard InChI is InChI=1S/C8H18N2O/c1-8(2,3)9-4-6-10(11)7-5-9/h11H,4-7H2,1-3H3.